The van der Waals surface area contributed by atoms with Crippen LogP contribution in [0.3, 0.4) is 0 Å². The third-order valence-corrected chi connectivity index (χ3v) is 23.4. The molecule has 4 aromatic carbocycles. The monoisotopic (exact) mass is 1830 g/mol. The molecule has 1 fully saturated rings. The first kappa shape index (κ1) is 99.4. The molecule has 0 spiro atoms. The Morgan fingerprint density at radius 1 is 0.685 bits per heavy atom. The van der Waals surface area contributed by atoms with Gasteiger partial charge in [-0.15, -0.1) is 52.6 Å². The van der Waals surface area contributed by atoms with E-state index >= 15 is 0 Å². The van der Waals surface area contributed by atoms with E-state index in [0.717, 1.165) is 46.1 Å². The molecule has 0 bridgehead atoms. The molecule has 0 radical (unpaired) electrons. The number of amides is 4. The van der Waals surface area contributed by atoms with E-state index < -0.39 is 123 Å². The highest BCUT2D eigenvalue weighted by Crippen LogP contribution is 2.47. The number of benzene rings is 6. The van der Waals surface area contributed by atoms with E-state index in [-0.39, 0.29) is 119 Å². The number of β-lactam (4-membered cyclic amide) rings is 1. The van der Waals surface area contributed by atoms with Crippen LogP contribution in [-0.4, -0.2) is 155 Å². The number of nitrogens with one attached hydrogen (secondary N) is 4. The van der Waals surface area contributed by atoms with Crippen molar-refractivity contribution in [3.8, 4) is 51.0 Å². The third kappa shape index (κ3) is 22.8. The fraction of sp³-hybridized carbons (Fsp3) is 0.258. The van der Waals surface area contributed by atoms with Gasteiger partial charge in [-0.2, -0.15) is 0 Å². The summed E-state index contributed by atoms with van der Waals surface area (Å²) >= 11 is 15.2. The Bertz CT molecular complexity index is 6450. The number of aliphatic imine (C=N–C) groups is 1. The van der Waals surface area contributed by atoms with Crippen molar-refractivity contribution in [1.82, 2.24) is 26.2 Å². The molecule has 4 aliphatic carbocycles. The number of carboxylic acids is 5. The Balaban J connectivity index is 0.000000245. The molecular formula is C89H83Cl2N6O27S3-5. The number of aliphatic carboxylic acids is 4. The summed E-state index contributed by atoms with van der Waals surface area (Å²) in [6.45, 7) is 20.3. The minimum Gasteiger partial charge on any atom is -0.872 e. The fourth-order valence-electron chi connectivity index (χ4n) is 13.5. The number of aromatic carboxylic acids is 1. The van der Waals surface area contributed by atoms with Gasteiger partial charge >= 0.3 is 17.2 Å². The van der Waals surface area contributed by atoms with Gasteiger partial charge in [-0.1, -0.05) is 116 Å². The molecule has 0 saturated carbocycles. The number of hydrogen-bond acceptors (Lipinski definition) is 30. The van der Waals surface area contributed by atoms with Gasteiger partial charge in [-0.25, -0.2) is 14.4 Å². The number of aliphatic hydroxyl groups excluding tert-OH is 1. The van der Waals surface area contributed by atoms with Gasteiger partial charge in [0.25, 0.3) is 11.8 Å². The summed E-state index contributed by atoms with van der Waals surface area (Å²) < 4.78 is 21.9. The highest BCUT2D eigenvalue weighted by atomic mass is 35.5. The van der Waals surface area contributed by atoms with Crippen molar-refractivity contribution in [2.24, 2.45) is 10.9 Å². The number of phenols is 2. The van der Waals surface area contributed by atoms with Crippen LogP contribution in [-0.2, 0) is 40.1 Å². The van der Waals surface area contributed by atoms with E-state index in [1.54, 1.807) is 42.5 Å². The lowest BCUT2D eigenvalue weighted by Crippen LogP contribution is -2.71. The van der Waals surface area contributed by atoms with Crippen LogP contribution in [0.4, 0.5) is 0 Å². The molecule has 668 valence electrons. The van der Waals surface area contributed by atoms with Gasteiger partial charge in [0.05, 0.1) is 70.0 Å². The van der Waals surface area contributed by atoms with Crippen LogP contribution >= 0.6 is 58.5 Å². The van der Waals surface area contributed by atoms with E-state index in [9.17, 15) is 108 Å². The van der Waals surface area contributed by atoms with Crippen molar-refractivity contribution in [2.45, 2.75) is 114 Å². The first-order chi connectivity index (χ1) is 60.2. The second kappa shape index (κ2) is 44.2. The van der Waals surface area contributed by atoms with Crippen molar-refractivity contribution in [3.05, 3.63) is 236 Å². The molecule has 127 heavy (non-hydrogen) atoms. The number of nitrogens with zero attached hydrogens (tertiary/aromatic N) is 2. The summed E-state index contributed by atoms with van der Waals surface area (Å²) in [5.41, 5.74) is 1.85. The molecule has 1 saturated heterocycles. The Hall–Kier alpha value is -13.1. The lowest BCUT2D eigenvalue weighted by molar-refractivity contribution is -0.310. The molecule has 7 unspecified atom stereocenters. The van der Waals surface area contributed by atoms with Crippen LogP contribution in [0.15, 0.2) is 203 Å². The summed E-state index contributed by atoms with van der Waals surface area (Å²) in [7, 11) is 0. The van der Waals surface area contributed by atoms with Gasteiger partial charge in [0.15, 0.2) is 10.9 Å². The Morgan fingerprint density at radius 3 is 1.96 bits per heavy atom. The summed E-state index contributed by atoms with van der Waals surface area (Å²) in [6.07, 6.45) is 5.92. The van der Waals surface area contributed by atoms with Crippen LogP contribution < -0.4 is 79.5 Å². The molecule has 38 heteroatoms. The van der Waals surface area contributed by atoms with E-state index in [4.69, 9.17) is 40.9 Å². The molecule has 7 heterocycles. The van der Waals surface area contributed by atoms with E-state index in [0.29, 0.717) is 77.6 Å². The SMILES string of the molecule is C=C1CSC(C(NC(=O)CNC(=O)c2cc3cc(Cl)c(O)cc3oc2=O)C(=O)[O-])N=C1C(=O)[O-].CC.CC.CC.CC.CC1=CC=C(c2c3ccc(=O)cc-3oc3cc(O)ccc23)C(C(=O)[O-])C1.O.O=C(CNCc1cc2c(oc1=O)=CC(O)C(Cl)C=2)NC1C(=O)N2C(C(=O)[O-])=C(CSc3ccc(-c4c5ccc(=O)cc-5oc5cc([O-])ccc45)c(C(=O)O)c3)CSC12. The van der Waals surface area contributed by atoms with Crippen LogP contribution in [0.1, 0.15) is 101 Å². The number of phenolic OH excluding ortho intramolecular Hbond substituents is 2. The lowest BCUT2D eigenvalue weighted by atomic mass is 9.80. The molecular weight excluding hydrogens is 1750 g/mol. The maximum absolute atomic E-state index is 13.3. The smallest absolute Gasteiger partial charge is 0.349 e. The van der Waals surface area contributed by atoms with E-state index in [1.807, 2.05) is 68.4 Å². The Kier molecular flexibility index (Phi) is 34.6. The number of carboxylic acid groups (broad SMARTS) is 5. The number of aliphatic hydroxyl groups is 1. The number of aromatic hydroxyl groups is 2. The lowest BCUT2D eigenvalue weighted by Gasteiger charge is -2.50. The van der Waals surface area contributed by atoms with E-state index in [1.165, 1.54) is 90.6 Å². The first-order valence-electron chi connectivity index (χ1n) is 39.1. The fourth-order valence-corrected chi connectivity index (χ4v) is 17.3. The van der Waals surface area contributed by atoms with Crippen molar-refractivity contribution in [1.29, 1.82) is 0 Å². The number of fused-ring (bicyclic) bond motifs is 7. The predicted molar refractivity (Wildman–Crippen MR) is 470 cm³/mol. The van der Waals surface area contributed by atoms with Gasteiger partial charge in [-0.05, 0) is 114 Å². The largest absolute Gasteiger partial charge is 0.872 e. The van der Waals surface area contributed by atoms with Gasteiger partial charge < -0.3 is 110 Å². The standard InChI is InChI=1S/C40H30ClN3O12S2.C21H16O5.C20H16ClN3O9S.4C2H6.H2O/c41-27-8-17-7-18(40(54)56-29(17)12-28(27)47)13-42-14-32(48)43-34-36(49)44-35(39(52)53)19(16-58-37(34)44)15-57-22-3-6-23(26(11-22)38(50)51)33-24-4-1-20(45)9-30(24)55-31-10-21(46)2-5-25(31)33;1-11-2-5-14(17(8-11)21(24)25)20-15-6-3-12(22)9-18(15)26-19-10-13(23)4-7-16(19)20;1-7-6-34-17(24-14(7)18(28)29)15(19(30)31)23-13(26)5-22-16(27)9-2-8-3-10(21)11(25)4-12(8)33-20(9)32;4*1-2;/h1-12,27-28,34,37,42,45,47H,13-16H2,(H,43,48)(H,50,51)(H,52,53);2-7,9-10,17,22H,8H2,1H3,(H,24,25);2-4,15,17,25H,1,5-6H2,(H,22,27)(H,23,26)(H,28,29)(H,30,31);4*1-2H3;1H2/p-5. The number of alkyl halides is 1. The zero-order valence-electron chi connectivity index (χ0n) is 69.1. The van der Waals surface area contributed by atoms with E-state index in [2.05, 4.69) is 32.8 Å². The van der Waals surface area contributed by atoms with Gasteiger partial charge in [0, 0.05) is 108 Å². The van der Waals surface area contributed by atoms with Crippen molar-refractivity contribution in [3.63, 3.8) is 0 Å². The highest BCUT2D eigenvalue weighted by molar-refractivity contribution is 8.01. The van der Waals surface area contributed by atoms with Crippen LogP contribution in [0.2, 0.25) is 5.02 Å². The molecule has 2 aromatic heterocycles. The quantitative estimate of drug-likeness (QED) is 0.0175. The second-order valence-corrected chi connectivity index (χ2v) is 31.1. The number of carbonyl (C=O) groups excluding carboxylic acids is 8. The summed E-state index contributed by atoms with van der Waals surface area (Å²) in [4.78, 5) is 164. The van der Waals surface area contributed by atoms with Crippen molar-refractivity contribution in [2.75, 3.05) is 30.3 Å². The molecule has 5 aliphatic heterocycles. The number of halogens is 2. The van der Waals surface area contributed by atoms with Crippen LogP contribution in [0.5, 0.6) is 17.2 Å². The predicted octanol–water partition coefficient (Wildman–Crippen LogP) is 4.04. The molecule has 33 nitrogen and oxygen atoms in total. The number of rotatable bonds is 20. The number of allylic oxidation sites excluding steroid dienone is 3. The maximum Gasteiger partial charge on any atom is 0.349 e. The second-order valence-electron chi connectivity index (χ2n) is 27.0. The van der Waals surface area contributed by atoms with Gasteiger partial charge in [0.1, 0.15) is 73.6 Å². The van der Waals surface area contributed by atoms with Crippen LogP contribution in [0, 0.1) is 5.92 Å². The minimum atomic E-state index is -1.73. The van der Waals surface area contributed by atoms with Crippen molar-refractivity contribution >= 4 is 168 Å². The summed E-state index contributed by atoms with van der Waals surface area (Å²) in [5.74, 6) is -11.2. The van der Waals surface area contributed by atoms with Gasteiger partial charge in [0.2, 0.25) is 11.8 Å². The molecule has 10 N–H and O–H groups in total. The maximum atomic E-state index is 13.3. The molecule has 15 rings (SSSR count). The molecule has 4 amide bonds. The normalized spacial score (nSPS) is 17.2. The Morgan fingerprint density at radius 2 is 1.32 bits per heavy atom. The van der Waals surface area contributed by atoms with Gasteiger partial charge in [-0.3, -0.25) is 38.7 Å². The summed E-state index contributed by atoms with van der Waals surface area (Å²) in [5, 5.41) is 107. The van der Waals surface area contributed by atoms with Crippen LogP contribution in [0.25, 0.3) is 84.4 Å². The molecule has 9 aliphatic rings. The zero-order chi connectivity index (χ0) is 92.6. The minimum absolute atomic E-state index is 0. The van der Waals surface area contributed by atoms with Crippen molar-refractivity contribution < 1.29 is 112 Å². The average molecular weight is 1840 g/mol. The molecule has 6 aromatic rings. The third-order valence-electron chi connectivity index (χ3n) is 19.0. The number of carbonyl (C=O) groups is 9. The number of thioether (sulfide) groups is 3. The number of hydrogen-bond donors (Lipinski definition) is 8. The Labute approximate surface area is 744 Å². The molecule has 7 atom stereocenters. The zero-order valence-corrected chi connectivity index (χ0v) is 73.1. The highest BCUT2D eigenvalue weighted by Gasteiger charge is 2.53. The first-order valence-corrected chi connectivity index (χ1v) is 43.0. The topological polar surface area (TPSA) is 566 Å². The average Bonchev–Trinajstić information content (AvgIpc) is 0.747. The summed E-state index contributed by atoms with van der Waals surface area (Å²) in [6, 6.07) is 24.3.